The van der Waals surface area contributed by atoms with Crippen LogP contribution in [-0.2, 0) is 9.53 Å². The molecule has 1 fully saturated rings. The molecule has 6 nitrogen and oxygen atoms in total. The van der Waals surface area contributed by atoms with Crippen molar-refractivity contribution in [2.75, 3.05) is 43.1 Å². The van der Waals surface area contributed by atoms with Crippen molar-refractivity contribution in [3.63, 3.8) is 0 Å². The SMILES string of the molecule is CC1(C)CC(Nc2ccc(N3CCOCC3)cc2)=CC(=NCC(=O)O)C1. The van der Waals surface area contributed by atoms with Crippen molar-refractivity contribution in [1.29, 1.82) is 0 Å². The van der Waals surface area contributed by atoms with Crippen LogP contribution in [0.4, 0.5) is 11.4 Å². The van der Waals surface area contributed by atoms with Crippen LogP contribution in [0.2, 0.25) is 0 Å². The van der Waals surface area contributed by atoms with Crippen LogP contribution in [0.1, 0.15) is 26.7 Å². The van der Waals surface area contributed by atoms with Crippen LogP contribution in [0.25, 0.3) is 0 Å². The topological polar surface area (TPSA) is 74.2 Å². The van der Waals surface area contributed by atoms with E-state index in [1.54, 1.807) is 0 Å². The fourth-order valence-electron chi connectivity index (χ4n) is 3.49. The van der Waals surface area contributed by atoms with E-state index in [9.17, 15) is 4.79 Å². The van der Waals surface area contributed by atoms with Gasteiger partial charge in [-0.25, -0.2) is 0 Å². The highest BCUT2D eigenvalue weighted by Crippen LogP contribution is 2.34. The molecule has 6 heteroatoms. The summed E-state index contributed by atoms with van der Waals surface area (Å²) in [6.45, 7) is 7.59. The second-order valence-corrected chi connectivity index (χ2v) is 7.66. The number of nitrogens with zero attached hydrogens (tertiary/aromatic N) is 2. The van der Waals surface area contributed by atoms with E-state index in [0.717, 1.165) is 56.2 Å². The number of aliphatic carboxylic acids is 1. The van der Waals surface area contributed by atoms with Crippen LogP contribution in [0.5, 0.6) is 0 Å². The van der Waals surface area contributed by atoms with Gasteiger partial charge in [-0.15, -0.1) is 0 Å². The predicted octanol–water partition coefficient (Wildman–Crippen LogP) is 3.16. The second-order valence-electron chi connectivity index (χ2n) is 7.66. The fraction of sp³-hybridized carbons (Fsp3) is 0.500. The first-order valence-electron chi connectivity index (χ1n) is 9.07. The average molecular weight is 357 g/mol. The summed E-state index contributed by atoms with van der Waals surface area (Å²) in [7, 11) is 0. The Morgan fingerprint density at radius 3 is 2.58 bits per heavy atom. The normalized spacial score (nSPS) is 21.4. The van der Waals surface area contributed by atoms with Gasteiger partial charge >= 0.3 is 5.97 Å². The van der Waals surface area contributed by atoms with E-state index in [4.69, 9.17) is 9.84 Å². The molecule has 2 N–H and O–H groups in total. The molecule has 1 heterocycles. The molecule has 140 valence electrons. The summed E-state index contributed by atoms with van der Waals surface area (Å²) >= 11 is 0. The number of rotatable bonds is 5. The zero-order valence-electron chi connectivity index (χ0n) is 15.5. The third-order valence-corrected chi connectivity index (χ3v) is 4.64. The molecule has 0 aromatic heterocycles. The van der Waals surface area contributed by atoms with Gasteiger partial charge in [0.1, 0.15) is 6.54 Å². The maximum atomic E-state index is 10.8. The zero-order chi connectivity index (χ0) is 18.6. The maximum Gasteiger partial charge on any atom is 0.325 e. The minimum atomic E-state index is -0.900. The number of nitrogens with one attached hydrogen (secondary N) is 1. The number of morpholine rings is 1. The van der Waals surface area contributed by atoms with E-state index < -0.39 is 5.97 Å². The molecule has 1 aliphatic heterocycles. The van der Waals surface area contributed by atoms with Crippen molar-refractivity contribution >= 4 is 23.1 Å². The van der Waals surface area contributed by atoms with Gasteiger partial charge in [0.15, 0.2) is 0 Å². The molecular weight excluding hydrogens is 330 g/mol. The van der Waals surface area contributed by atoms with Crippen LogP contribution in [-0.4, -0.2) is 49.6 Å². The third kappa shape index (κ3) is 5.08. The predicted molar refractivity (Wildman–Crippen MR) is 104 cm³/mol. The minimum absolute atomic E-state index is 0.0577. The Morgan fingerprint density at radius 1 is 1.23 bits per heavy atom. The summed E-state index contributed by atoms with van der Waals surface area (Å²) in [4.78, 5) is 17.3. The standard InChI is InChI=1S/C20H27N3O3/c1-20(2)12-16(21-14-19(24)25)11-17(13-20)22-15-3-5-18(6-4-15)23-7-9-26-10-8-23/h3-6,11,22H,7-10,12-14H2,1-2H3,(H,24,25). The molecule has 1 aliphatic carbocycles. The first-order valence-corrected chi connectivity index (χ1v) is 9.07. The van der Waals surface area contributed by atoms with E-state index in [-0.39, 0.29) is 12.0 Å². The largest absolute Gasteiger partial charge is 0.480 e. The van der Waals surface area contributed by atoms with Crippen molar-refractivity contribution in [2.45, 2.75) is 26.7 Å². The lowest BCUT2D eigenvalue weighted by Crippen LogP contribution is -2.36. The number of anilines is 2. The Morgan fingerprint density at radius 2 is 1.92 bits per heavy atom. The number of aliphatic imine (C=N–C) groups is 1. The number of carboxylic acids is 1. The van der Waals surface area contributed by atoms with Crippen LogP contribution < -0.4 is 10.2 Å². The zero-order valence-corrected chi connectivity index (χ0v) is 15.5. The van der Waals surface area contributed by atoms with Gasteiger partial charge in [-0.1, -0.05) is 13.8 Å². The molecule has 0 spiro atoms. The van der Waals surface area contributed by atoms with Gasteiger partial charge in [-0.05, 0) is 48.6 Å². The van der Waals surface area contributed by atoms with E-state index in [2.05, 4.69) is 53.3 Å². The Labute approximate surface area is 154 Å². The molecule has 1 saturated heterocycles. The number of hydrogen-bond acceptors (Lipinski definition) is 5. The summed E-state index contributed by atoms with van der Waals surface area (Å²) in [6, 6.07) is 8.42. The molecule has 0 radical (unpaired) electrons. The van der Waals surface area contributed by atoms with Gasteiger partial charge in [-0.2, -0.15) is 0 Å². The summed E-state index contributed by atoms with van der Waals surface area (Å²) in [5.41, 5.74) is 4.21. The van der Waals surface area contributed by atoms with Crippen molar-refractivity contribution in [2.24, 2.45) is 10.4 Å². The fourth-order valence-corrected chi connectivity index (χ4v) is 3.49. The number of benzene rings is 1. The lowest BCUT2D eigenvalue weighted by atomic mass is 9.78. The third-order valence-electron chi connectivity index (χ3n) is 4.64. The van der Waals surface area contributed by atoms with Crippen LogP contribution >= 0.6 is 0 Å². The number of allylic oxidation sites excluding steroid dienone is 2. The van der Waals surface area contributed by atoms with E-state index in [0.29, 0.717) is 0 Å². The van der Waals surface area contributed by atoms with Crippen LogP contribution in [0, 0.1) is 5.41 Å². The van der Waals surface area contributed by atoms with E-state index in [1.807, 2.05) is 6.08 Å². The van der Waals surface area contributed by atoms with Gasteiger partial charge in [0.05, 0.1) is 13.2 Å². The van der Waals surface area contributed by atoms with Crippen molar-refractivity contribution in [1.82, 2.24) is 0 Å². The van der Waals surface area contributed by atoms with E-state index >= 15 is 0 Å². The van der Waals surface area contributed by atoms with Gasteiger partial charge in [0.25, 0.3) is 0 Å². The molecule has 2 aliphatic rings. The first-order chi connectivity index (χ1) is 12.4. The quantitative estimate of drug-likeness (QED) is 0.847. The molecular formula is C20H27N3O3. The Bertz CT molecular complexity index is 702. The molecule has 0 unspecified atom stereocenters. The Hall–Kier alpha value is -2.34. The molecule has 1 aromatic carbocycles. The van der Waals surface area contributed by atoms with Gasteiger partial charge in [0.2, 0.25) is 0 Å². The number of carbonyl (C=O) groups is 1. The highest BCUT2D eigenvalue weighted by molar-refractivity contribution is 5.98. The van der Waals surface area contributed by atoms with E-state index in [1.165, 1.54) is 5.69 Å². The number of hydrogen-bond donors (Lipinski definition) is 2. The smallest absolute Gasteiger partial charge is 0.325 e. The minimum Gasteiger partial charge on any atom is -0.480 e. The highest BCUT2D eigenvalue weighted by Gasteiger charge is 2.26. The monoisotopic (exact) mass is 357 g/mol. The molecule has 0 amide bonds. The molecule has 0 bridgehead atoms. The molecule has 3 rings (SSSR count). The Kier molecular flexibility index (Phi) is 5.61. The molecule has 0 saturated carbocycles. The number of carboxylic acid groups (broad SMARTS) is 1. The lowest BCUT2D eigenvalue weighted by molar-refractivity contribution is -0.135. The van der Waals surface area contributed by atoms with Crippen molar-refractivity contribution in [3.05, 3.63) is 36.0 Å². The lowest BCUT2D eigenvalue weighted by Gasteiger charge is -2.31. The second kappa shape index (κ2) is 7.91. The molecule has 0 atom stereocenters. The van der Waals surface area contributed by atoms with Crippen molar-refractivity contribution < 1.29 is 14.6 Å². The van der Waals surface area contributed by atoms with Gasteiger partial charge < -0.3 is 20.1 Å². The van der Waals surface area contributed by atoms with Crippen LogP contribution in [0.3, 0.4) is 0 Å². The summed E-state index contributed by atoms with van der Waals surface area (Å²) < 4.78 is 5.40. The van der Waals surface area contributed by atoms with Crippen LogP contribution in [0.15, 0.2) is 41.0 Å². The summed E-state index contributed by atoms with van der Waals surface area (Å²) in [5, 5.41) is 12.3. The first kappa shape index (κ1) is 18.5. The Balaban J connectivity index is 1.70. The summed E-state index contributed by atoms with van der Waals surface area (Å²) in [5.74, 6) is -0.900. The van der Waals surface area contributed by atoms with Crippen molar-refractivity contribution in [3.8, 4) is 0 Å². The highest BCUT2D eigenvalue weighted by atomic mass is 16.5. The molecule has 26 heavy (non-hydrogen) atoms. The number of ether oxygens (including phenoxy) is 1. The van der Waals surface area contributed by atoms with Gasteiger partial charge in [0, 0.05) is 35.9 Å². The molecule has 1 aromatic rings. The maximum absolute atomic E-state index is 10.8. The average Bonchev–Trinajstić information content (AvgIpc) is 2.60. The van der Waals surface area contributed by atoms with Gasteiger partial charge in [-0.3, -0.25) is 9.79 Å². The summed E-state index contributed by atoms with van der Waals surface area (Å²) in [6.07, 6.45) is 3.69.